The molecule has 0 aliphatic heterocycles. The van der Waals surface area contributed by atoms with Gasteiger partial charge in [0.2, 0.25) is 0 Å². The number of hydrogen-bond donors (Lipinski definition) is 1. The maximum absolute atomic E-state index is 12.5. The van der Waals surface area contributed by atoms with Crippen molar-refractivity contribution in [3.05, 3.63) is 117 Å². The van der Waals surface area contributed by atoms with E-state index < -0.39 is 42.0 Å². The monoisotopic (exact) mass is 731 g/mol. The van der Waals surface area contributed by atoms with Crippen molar-refractivity contribution in [3.63, 3.8) is 0 Å². The molecular weight excluding hydrogens is 682 g/mol. The van der Waals surface area contributed by atoms with Crippen LogP contribution in [0.1, 0.15) is 87.0 Å². The molecule has 0 amide bonds. The molecule has 284 valence electrons. The standard InChI is InChI=1S/C24H29NO5.C17H20O6/c1-8-30-23(26)17(5)22(18-10-9-14(2)20(12-18)24(27)29-7)25-19-11-15(3)16(4)21(13-19)28-6;1-6-22-16(19)11(3)15(23-12(4)18)13-8-7-10(2)14(9-13)17(20)21-5/h9-13,22,25H,5,8H2,1-4,6-7H3;7-9,15H,3,6H2,1-2,4-5H3/t22-;/m1./s1. The number of rotatable bonds is 14. The van der Waals surface area contributed by atoms with Crippen molar-refractivity contribution in [3.8, 4) is 5.75 Å². The molecule has 0 radical (unpaired) electrons. The van der Waals surface area contributed by atoms with Crippen molar-refractivity contribution in [2.45, 2.75) is 60.6 Å². The molecule has 12 heteroatoms. The lowest BCUT2D eigenvalue weighted by Crippen LogP contribution is -2.21. The quantitative estimate of drug-likeness (QED) is 0.102. The summed E-state index contributed by atoms with van der Waals surface area (Å²) in [6.07, 6.45) is -1.03. The third-order valence-electron chi connectivity index (χ3n) is 8.14. The zero-order valence-electron chi connectivity index (χ0n) is 32.1. The molecule has 1 N–H and O–H groups in total. The van der Waals surface area contributed by atoms with Crippen LogP contribution >= 0.6 is 0 Å². The molecule has 53 heavy (non-hydrogen) atoms. The maximum Gasteiger partial charge on any atom is 0.338 e. The van der Waals surface area contributed by atoms with Crippen LogP contribution in [0, 0.1) is 27.7 Å². The SMILES string of the molecule is C=C(C(=O)OCC)C(OC(C)=O)c1ccc(C)c(C(=O)OC)c1.C=C(C(=O)OCC)[C@@H](Nc1cc(C)c(C)c(OC)c1)c1ccc(C)c(C(=O)OC)c1. The summed E-state index contributed by atoms with van der Waals surface area (Å²) >= 11 is 0. The molecule has 0 bridgehead atoms. The summed E-state index contributed by atoms with van der Waals surface area (Å²) in [5.41, 5.74) is 6.38. The van der Waals surface area contributed by atoms with Crippen LogP contribution in [0.4, 0.5) is 5.69 Å². The Kier molecular flexibility index (Phi) is 16.5. The molecule has 0 saturated carbocycles. The van der Waals surface area contributed by atoms with Gasteiger partial charge in [-0.1, -0.05) is 37.4 Å². The number of hydrogen-bond acceptors (Lipinski definition) is 12. The van der Waals surface area contributed by atoms with E-state index in [0.29, 0.717) is 27.8 Å². The number of ether oxygens (including phenoxy) is 6. The molecule has 12 nitrogen and oxygen atoms in total. The van der Waals surface area contributed by atoms with Crippen LogP contribution in [0.3, 0.4) is 0 Å². The van der Waals surface area contributed by atoms with Crippen molar-refractivity contribution in [2.24, 2.45) is 0 Å². The van der Waals surface area contributed by atoms with Gasteiger partial charge in [-0.15, -0.1) is 0 Å². The molecule has 0 heterocycles. The molecular formula is C41H49NO11. The minimum Gasteiger partial charge on any atom is -0.496 e. The normalized spacial score (nSPS) is 11.4. The van der Waals surface area contributed by atoms with Gasteiger partial charge in [0.1, 0.15) is 5.75 Å². The van der Waals surface area contributed by atoms with Gasteiger partial charge in [-0.05, 0) is 93.1 Å². The van der Waals surface area contributed by atoms with E-state index in [1.807, 2.05) is 45.0 Å². The highest BCUT2D eigenvalue weighted by Crippen LogP contribution is 2.33. The highest BCUT2D eigenvalue weighted by Gasteiger charge is 2.27. The fourth-order valence-electron chi connectivity index (χ4n) is 5.12. The highest BCUT2D eigenvalue weighted by molar-refractivity contribution is 5.93. The largest absolute Gasteiger partial charge is 0.496 e. The zero-order valence-corrected chi connectivity index (χ0v) is 32.1. The van der Waals surface area contributed by atoms with E-state index in [0.717, 1.165) is 28.1 Å². The first kappa shape index (κ1) is 43.3. The van der Waals surface area contributed by atoms with Crippen molar-refractivity contribution < 1.29 is 52.4 Å². The van der Waals surface area contributed by atoms with Crippen LogP contribution in [0.15, 0.2) is 72.8 Å². The predicted octanol–water partition coefficient (Wildman–Crippen LogP) is 7.18. The van der Waals surface area contributed by atoms with Crippen molar-refractivity contribution in [1.29, 1.82) is 0 Å². The van der Waals surface area contributed by atoms with Crippen LogP contribution in [0.2, 0.25) is 0 Å². The second-order valence-electron chi connectivity index (χ2n) is 11.8. The molecule has 3 rings (SSSR count). The molecule has 0 fully saturated rings. The van der Waals surface area contributed by atoms with Gasteiger partial charge in [-0.3, -0.25) is 4.79 Å². The van der Waals surface area contributed by atoms with Crippen LogP contribution in [-0.4, -0.2) is 64.4 Å². The summed E-state index contributed by atoms with van der Waals surface area (Å²) in [5, 5.41) is 3.35. The van der Waals surface area contributed by atoms with E-state index in [1.165, 1.54) is 27.2 Å². The summed E-state index contributed by atoms with van der Waals surface area (Å²) in [7, 11) is 4.22. The minimum absolute atomic E-state index is 0.0262. The number of aryl methyl sites for hydroxylation is 3. The second-order valence-corrected chi connectivity index (χ2v) is 11.8. The molecule has 0 aliphatic rings. The highest BCUT2D eigenvalue weighted by atomic mass is 16.6. The number of carbonyl (C=O) groups is 5. The molecule has 1 unspecified atom stereocenters. The van der Waals surface area contributed by atoms with Crippen molar-refractivity contribution in [1.82, 2.24) is 0 Å². The lowest BCUT2D eigenvalue weighted by atomic mass is 9.95. The lowest BCUT2D eigenvalue weighted by molar-refractivity contribution is -0.148. The molecule has 0 spiro atoms. The summed E-state index contributed by atoms with van der Waals surface area (Å²) in [6.45, 7) is 20.2. The van der Waals surface area contributed by atoms with Crippen LogP contribution < -0.4 is 10.1 Å². The van der Waals surface area contributed by atoms with Gasteiger partial charge in [0, 0.05) is 18.7 Å². The van der Waals surface area contributed by atoms with Gasteiger partial charge in [-0.25, -0.2) is 19.2 Å². The minimum atomic E-state index is -1.03. The van der Waals surface area contributed by atoms with E-state index in [1.54, 1.807) is 46.1 Å². The topological polar surface area (TPSA) is 153 Å². The average molecular weight is 732 g/mol. The van der Waals surface area contributed by atoms with Gasteiger partial charge in [-0.2, -0.15) is 0 Å². The second kappa shape index (κ2) is 20.2. The number of anilines is 1. The smallest absolute Gasteiger partial charge is 0.338 e. The van der Waals surface area contributed by atoms with E-state index in [4.69, 9.17) is 28.4 Å². The van der Waals surface area contributed by atoms with E-state index in [-0.39, 0.29) is 24.4 Å². The van der Waals surface area contributed by atoms with E-state index in [2.05, 4.69) is 18.5 Å². The summed E-state index contributed by atoms with van der Waals surface area (Å²) in [5.74, 6) is -1.99. The van der Waals surface area contributed by atoms with E-state index >= 15 is 0 Å². The Balaban J connectivity index is 0.000000381. The number of benzene rings is 3. The molecule has 2 atom stereocenters. The number of methoxy groups -OCH3 is 3. The first-order valence-corrected chi connectivity index (χ1v) is 16.7. The van der Waals surface area contributed by atoms with Gasteiger partial charge in [0.15, 0.2) is 6.10 Å². The Morgan fingerprint density at radius 2 is 1.17 bits per heavy atom. The number of esters is 5. The fraction of sp³-hybridized carbons (Fsp3) is 0.341. The maximum atomic E-state index is 12.5. The predicted molar refractivity (Wildman–Crippen MR) is 200 cm³/mol. The van der Waals surface area contributed by atoms with Gasteiger partial charge in [0.25, 0.3) is 0 Å². The zero-order chi connectivity index (χ0) is 40.0. The van der Waals surface area contributed by atoms with Crippen LogP contribution in [-0.2, 0) is 38.1 Å². The molecule has 3 aromatic rings. The summed E-state index contributed by atoms with van der Waals surface area (Å²) in [6, 6.07) is 13.4. The Morgan fingerprint density at radius 3 is 1.64 bits per heavy atom. The Hall–Kier alpha value is -5.91. The number of carbonyl (C=O) groups excluding carboxylic acids is 5. The fourth-order valence-corrected chi connectivity index (χ4v) is 5.12. The van der Waals surface area contributed by atoms with Crippen molar-refractivity contribution in [2.75, 3.05) is 39.9 Å². The van der Waals surface area contributed by atoms with Gasteiger partial charge >= 0.3 is 29.8 Å². The van der Waals surface area contributed by atoms with E-state index in [9.17, 15) is 24.0 Å². The Morgan fingerprint density at radius 1 is 0.679 bits per heavy atom. The molecule has 3 aromatic carbocycles. The number of nitrogens with one attached hydrogen (secondary N) is 1. The first-order valence-electron chi connectivity index (χ1n) is 16.7. The third kappa shape index (κ3) is 11.5. The van der Waals surface area contributed by atoms with Gasteiger partial charge < -0.3 is 33.7 Å². The Labute approximate surface area is 311 Å². The van der Waals surface area contributed by atoms with Crippen molar-refractivity contribution >= 4 is 35.5 Å². The van der Waals surface area contributed by atoms with Crippen LogP contribution in [0.25, 0.3) is 0 Å². The molecule has 0 saturated heterocycles. The summed E-state index contributed by atoms with van der Waals surface area (Å²) in [4.78, 5) is 59.6. The van der Waals surface area contributed by atoms with Gasteiger partial charge in [0.05, 0.1) is 62.9 Å². The first-order chi connectivity index (χ1) is 25.0. The molecule has 0 aliphatic carbocycles. The van der Waals surface area contributed by atoms with Crippen LogP contribution in [0.5, 0.6) is 5.75 Å². The Bertz CT molecular complexity index is 1860. The lowest BCUT2D eigenvalue weighted by Gasteiger charge is -2.23. The summed E-state index contributed by atoms with van der Waals surface area (Å²) < 4.78 is 30.3. The molecule has 0 aromatic heterocycles. The third-order valence-corrected chi connectivity index (χ3v) is 8.14. The average Bonchev–Trinajstić information content (AvgIpc) is 3.13.